The van der Waals surface area contributed by atoms with Gasteiger partial charge in [-0.3, -0.25) is 0 Å². The standard InChI is InChI=1S/C10H13NO4S/c1-6-4-7(2)9(16(14,15)11-3)5-8(6)10(12)13/h4-5,11H,1-3H3,(H,12,13). The second-order valence-corrected chi connectivity index (χ2v) is 5.30. The van der Waals surface area contributed by atoms with Gasteiger partial charge in [-0.2, -0.15) is 0 Å². The summed E-state index contributed by atoms with van der Waals surface area (Å²) in [6.07, 6.45) is 0. The molecule has 0 aromatic heterocycles. The Morgan fingerprint density at radius 2 is 1.81 bits per heavy atom. The highest BCUT2D eigenvalue weighted by Crippen LogP contribution is 2.20. The third kappa shape index (κ3) is 2.23. The van der Waals surface area contributed by atoms with Crippen molar-refractivity contribution >= 4 is 16.0 Å². The summed E-state index contributed by atoms with van der Waals surface area (Å²) in [5, 5.41) is 8.90. The number of benzene rings is 1. The van der Waals surface area contributed by atoms with Gasteiger partial charge in [0.25, 0.3) is 0 Å². The highest BCUT2D eigenvalue weighted by atomic mass is 32.2. The molecule has 5 nitrogen and oxygen atoms in total. The van der Waals surface area contributed by atoms with Crippen LogP contribution < -0.4 is 4.72 Å². The lowest BCUT2D eigenvalue weighted by Gasteiger charge is -2.09. The van der Waals surface area contributed by atoms with Gasteiger partial charge in [0, 0.05) is 0 Å². The molecular formula is C10H13NO4S. The summed E-state index contributed by atoms with van der Waals surface area (Å²) in [5.74, 6) is -1.13. The second-order valence-electron chi connectivity index (χ2n) is 3.45. The van der Waals surface area contributed by atoms with Gasteiger partial charge in [-0.1, -0.05) is 6.07 Å². The fraction of sp³-hybridized carbons (Fsp3) is 0.300. The molecule has 0 atom stereocenters. The van der Waals surface area contributed by atoms with Crippen LogP contribution in [0, 0.1) is 13.8 Å². The van der Waals surface area contributed by atoms with Crippen molar-refractivity contribution in [2.75, 3.05) is 7.05 Å². The number of carbonyl (C=O) groups is 1. The molecule has 1 aromatic rings. The van der Waals surface area contributed by atoms with E-state index in [4.69, 9.17) is 5.11 Å². The summed E-state index contributed by atoms with van der Waals surface area (Å²) >= 11 is 0. The Bertz CT molecular complexity index is 534. The van der Waals surface area contributed by atoms with E-state index in [1.54, 1.807) is 19.9 Å². The fourth-order valence-electron chi connectivity index (χ4n) is 1.46. The molecule has 0 saturated heterocycles. The maximum Gasteiger partial charge on any atom is 0.335 e. The number of carboxylic acid groups (broad SMARTS) is 1. The number of rotatable bonds is 3. The molecule has 1 aromatic carbocycles. The first kappa shape index (κ1) is 12.7. The molecule has 0 aliphatic heterocycles. The molecule has 2 N–H and O–H groups in total. The SMILES string of the molecule is CNS(=O)(=O)c1cc(C(=O)O)c(C)cc1C. The zero-order valence-electron chi connectivity index (χ0n) is 9.23. The first-order valence-electron chi connectivity index (χ1n) is 4.57. The molecule has 0 amide bonds. The first-order chi connectivity index (χ1) is 7.29. The molecule has 0 bridgehead atoms. The van der Waals surface area contributed by atoms with Gasteiger partial charge in [0.2, 0.25) is 10.0 Å². The van der Waals surface area contributed by atoms with E-state index in [2.05, 4.69) is 4.72 Å². The maximum atomic E-state index is 11.6. The number of hydrogen-bond donors (Lipinski definition) is 2. The zero-order valence-corrected chi connectivity index (χ0v) is 10.1. The van der Waals surface area contributed by atoms with Gasteiger partial charge in [0.05, 0.1) is 10.5 Å². The largest absolute Gasteiger partial charge is 0.478 e. The Balaban J connectivity index is 3.55. The second kappa shape index (κ2) is 4.23. The highest BCUT2D eigenvalue weighted by molar-refractivity contribution is 7.89. The third-order valence-electron chi connectivity index (χ3n) is 2.31. The van der Waals surface area contributed by atoms with E-state index < -0.39 is 16.0 Å². The molecule has 0 saturated carbocycles. The van der Waals surface area contributed by atoms with Gasteiger partial charge in [-0.25, -0.2) is 17.9 Å². The summed E-state index contributed by atoms with van der Waals surface area (Å²) in [5.41, 5.74) is 1.07. The molecule has 0 spiro atoms. The highest BCUT2D eigenvalue weighted by Gasteiger charge is 2.18. The Morgan fingerprint density at radius 1 is 1.25 bits per heavy atom. The average Bonchev–Trinajstić information content (AvgIpc) is 2.16. The maximum absolute atomic E-state index is 11.6. The number of sulfonamides is 1. The van der Waals surface area contributed by atoms with E-state index in [0.29, 0.717) is 11.1 Å². The van der Waals surface area contributed by atoms with E-state index in [-0.39, 0.29) is 10.5 Å². The van der Waals surface area contributed by atoms with Crippen LogP contribution in [-0.4, -0.2) is 26.5 Å². The van der Waals surface area contributed by atoms with Gasteiger partial charge >= 0.3 is 5.97 Å². The van der Waals surface area contributed by atoms with Crippen molar-refractivity contribution in [1.82, 2.24) is 4.72 Å². The number of aromatic carboxylic acids is 1. The summed E-state index contributed by atoms with van der Waals surface area (Å²) < 4.78 is 25.4. The number of nitrogens with one attached hydrogen (secondary N) is 1. The number of hydrogen-bond acceptors (Lipinski definition) is 3. The Kier molecular flexibility index (Phi) is 3.35. The van der Waals surface area contributed by atoms with Crippen molar-refractivity contribution in [3.63, 3.8) is 0 Å². The van der Waals surface area contributed by atoms with Crippen LogP contribution in [-0.2, 0) is 10.0 Å². The zero-order chi connectivity index (χ0) is 12.5. The molecule has 1 rings (SSSR count). The molecular weight excluding hydrogens is 230 g/mol. The topological polar surface area (TPSA) is 83.5 Å². The van der Waals surface area contributed by atoms with Gasteiger partial charge in [-0.15, -0.1) is 0 Å². The summed E-state index contributed by atoms with van der Waals surface area (Å²) in [7, 11) is -2.33. The summed E-state index contributed by atoms with van der Waals surface area (Å²) in [6.45, 7) is 3.26. The molecule has 0 heterocycles. The normalized spacial score (nSPS) is 11.4. The Hall–Kier alpha value is -1.40. The van der Waals surface area contributed by atoms with Gasteiger partial charge < -0.3 is 5.11 Å². The lowest BCUT2D eigenvalue weighted by molar-refractivity contribution is 0.0696. The van der Waals surface area contributed by atoms with Crippen molar-refractivity contribution < 1.29 is 18.3 Å². The minimum atomic E-state index is -3.61. The van der Waals surface area contributed by atoms with E-state index in [9.17, 15) is 13.2 Å². The van der Waals surface area contributed by atoms with E-state index in [0.717, 1.165) is 0 Å². The molecule has 88 valence electrons. The lowest BCUT2D eigenvalue weighted by Crippen LogP contribution is -2.20. The minimum Gasteiger partial charge on any atom is -0.478 e. The predicted molar refractivity (Wildman–Crippen MR) is 59.1 cm³/mol. The van der Waals surface area contributed by atoms with Crippen LogP contribution in [0.4, 0.5) is 0 Å². The van der Waals surface area contributed by atoms with Crippen molar-refractivity contribution in [2.45, 2.75) is 18.7 Å². The molecule has 16 heavy (non-hydrogen) atoms. The summed E-state index contributed by atoms with van der Waals surface area (Å²) in [4.78, 5) is 10.9. The molecule has 0 fully saturated rings. The average molecular weight is 243 g/mol. The van der Waals surface area contributed by atoms with Gasteiger partial charge in [0.15, 0.2) is 0 Å². The van der Waals surface area contributed by atoms with Crippen LogP contribution in [0.2, 0.25) is 0 Å². The first-order valence-corrected chi connectivity index (χ1v) is 6.06. The van der Waals surface area contributed by atoms with Crippen molar-refractivity contribution in [2.24, 2.45) is 0 Å². The van der Waals surface area contributed by atoms with Crippen molar-refractivity contribution in [3.8, 4) is 0 Å². The van der Waals surface area contributed by atoms with E-state index >= 15 is 0 Å². The van der Waals surface area contributed by atoms with Gasteiger partial charge in [0.1, 0.15) is 0 Å². The Morgan fingerprint density at radius 3 is 2.25 bits per heavy atom. The smallest absolute Gasteiger partial charge is 0.335 e. The van der Waals surface area contributed by atoms with Gasteiger partial charge in [-0.05, 0) is 38.1 Å². The number of aryl methyl sites for hydroxylation is 2. The lowest BCUT2D eigenvalue weighted by atomic mass is 10.1. The van der Waals surface area contributed by atoms with Crippen LogP contribution in [0.15, 0.2) is 17.0 Å². The van der Waals surface area contributed by atoms with Crippen molar-refractivity contribution in [3.05, 3.63) is 28.8 Å². The monoisotopic (exact) mass is 243 g/mol. The Labute approximate surface area is 94.2 Å². The van der Waals surface area contributed by atoms with Crippen LogP contribution in [0.1, 0.15) is 21.5 Å². The minimum absolute atomic E-state index is 0.000532. The van der Waals surface area contributed by atoms with E-state index in [1.807, 2.05) is 0 Å². The third-order valence-corrected chi connectivity index (χ3v) is 3.87. The molecule has 0 radical (unpaired) electrons. The molecule has 0 unspecified atom stereocenters. The van der Waals surface area contributed by atoms with E-state index in [1.165, 1.54) is 13.1 Å². The quantitative estimate of drug-likeness (QED) is 0.826. The van der Waals surface area contributed by atoms with Crippen LogP contribution in [0.5, 0.6) is 0 Å². The number of carboxylic acids is 1. The van der Waals surface area contributed by atoms with Crippen LogP contribution in [0.3, 0.4) is 0 Å². The fourth-order valence-corrected chi connectivity index (χ4v) is 2.44. The van der Waals surface area contributed by atoms with Crippen LogP contribution in [0.25, 0.3) is 0 Å². The molecule has 6 heteroatoms. The predicted octanol–water partition coefficient (Wildman–Crippen LogP) is 0.910. The van der Waals surface area contributed by atoms with Crippen molar-refractivity contribution in [1.29, 1.82) is 0 Å². The molecule has 0 aliphatic carbocycles. The summed E-state index contributed by atoms with van der Waals surface area (Å²) in [6, 6.07) is 2.73. The molecule has 0 aliphatic rings. The van der Waals surface area contributed by atoms with Crippen LogP contribution >= 0.6 is 0 Å².